The number of benzene rings is 3. The maximum Gasteiger partial charge on any atom is 0.305 e. The molecule has 4 aromatic rings. The van der Waals surface area contributed by atoms with Crippen LogP contribution >= 0.6 is 0 Å². The topological polar surface area (TPSA) is 137 Å². The number of halogens is 1. The second-order valence-corrected chi connectivity index (χ2v) is 9.07. The first-order chi connectivity index (χ1) is 18.1. The highest BCUT2D eigenvalue weighted by Gasteiger charge is 2.22. The van der Waals surface area contributed by atoms with E-state index in [0.717, 1.165) is 16.6 Å². The number of aliphatic carboxylic acids is 1. The van der Waals surface area contributed by atoms with E-state index in [4.69, 9.17) is 11.1 Å². The van der Waals surface area contributed by atoms with E-state index in [9.17, 15) is 19.1 Å². The van der Waals surface area contributed by atoms with Gasteiger partial charge in [0.2, 0.25) is 0 Å². The van der Waals surface area contributed by atoms with Crippen molar-refractivity contribution in [2.24, 2.45) is 12.8 Å². The lowest BCUT2D eigenvalue weighted by Crippen LogP contribution is -2.33. The van der Waals surface area contributed by atoms with Crippen LogP contribution < -0.4 is 16.0 Å². The number of nitrogen functional groups attached to an aromatic ring is 1. The highest BCUT2D eigenvalue weighted by atomic mass is 19.1. The molecule has 5 N–H and O–H groups in total. The molecule has 0 saturated carbocycles. The Morgan fingerprint density at radius 2 is 1.87 bits per heavy atom. The zero-order chi connectivity index (χ0) is 27.6. The minimum Gasteiger partial charge on any atom is -0.481 e. The summed E-state index contributed by atoms with van der Waals surface area (Å²) in [6, 6.07) is 15.0. The number of amides is 1. The Bertz CT molecular complexity index is 1560. The number of rotatable bonds is 9. The molecule has 0 aliphatic rings. The van der Waals surface area contributed by atoms with Crippen molar-refractivity contribution in [1.82, 2.24) is 9.55 Å². The standard InChI is InChI=1S/C28H29FN6O3/c1-16-5-4-6-23(17(16)2)35(12-11-26(36)37)28(38)19-8-10-24-22(14-19)33-25(34(24)3)15-32-21-9-7-18(27(30)31)13-20(21)29/h4-10,13-14,32H,11-12,15H2,1-3H3,(H3,30,31)(H,36,37). The van der Waals surface area contributed by atoms with E-state index in [2.05, 4.69) is 10.3 Å². The van der Waals surface area contributed by atoms with E-state index in [0.29, 0.717) is 28.2 Å². The lowest BCUT2D eigenvalue weighted by molar-refractivity contribution is -0.136. The number of hydrogen-bond acceptors (Lipinski definition) is 5. The second kappa shape index (κ2) is 10.7. The number of imidazole rings is 1. The van der Waals surface area contributed by atoms with Gasteiger partial charge in [-0.15, -0.1) is 0 Å². The lowest BCUT2D eigenvalue weighted by Gasteiger charge is -2.25. The smallest absolute Gasteiger partial charge is 0.305 e. The van der Waals surface area contributed by atoms with Crippen LogP contribution in [0.4, 0.5) is 15.8 Å². The van der Waals surface area contributed by atoms with Crippen LogP contribution in [0, 0.1) is 25.1 Å². The molecule has 0 unspecified atom stereocenters. The van der Waals surface area contributed by atoms with Crippen molar-refractivity contribution in [3.63, 3.8) is 0 Å². The Kier molecular flexibility index (Phi) is 7.43. The minimum absolute atomic E-state index is 0.0296. The van der Waals surface area contributed by atoms with Gasteiger partial charge >= 0.3 is 5.97 Å². The molecule has 196 valence electrons. The summed E-state index contributed by atoms with van der Waals surface area (Å²) in [5, 5.41) is 19.7. The summed E-state index contributed by atoms with van der Waals surface area (Å²) in [6.45, 7) is 4.10. The van der Waals surface area contributed by atoms with Gasteiger partial charge < -0.3 is 25.6 Å². The molecule has 0 atom stereocenters. The van der Waals surface area contributed by atoms with E-state index in [1.165, 1.54) is 17.0 Å². The van der Waals surface area contributed by atoms with Crippen LogP contribution in [0.3, 0.4) is 0 Å². The average Bonchev–Trinajstić information content (AvgIpc) is 3.19. The maximum atomic E-state index is 14.4. The van der Waals surface area contributed by atoms with Gasteiger partial charge in [-0.25, -0.2) is 9.37 Å². The van der Waals surface area contributed by atoms with Gasteiger partial charge in [-0.05, 0) is 67.4 Å². The Labute approximate surface area is 219 Å². The largest absolute Gasteiger partial charge is 0.481 e. The summed E-state index contributed by atoms with van der Waals surface area (Å²) in [5.41, 5.74) is 10.3. The number of carbonyl (C=O) groups excluding carboxylic acids is 1. The quantitative estimate of drug-likeness (QED) is 0.193. The first-order valence-corrected chi connectivity index (χ1v) is 12.0. The number of fused-ring (bicyclic) bond motifs is 1. The lowest BCUT2D eigenvalue weighted by atomic mass is 10.1. The zero-order valence-corrected chi connectivity index (χ0v) is 21.4. The number of aromatic nitrogens is 2. The van der Waals surface area contributed by atoms with E-state index >= 15 is 0 Å². The van der Waals surface area contributed by atoms with Gasteiger partial charge in [0.1, 0.15) is 17.5 Å². The average molecular weight is 517 g/mol. The molecule has 0 radical (unpaired) electrons. The molecule has 38 heavy (non-hydrogen) atoms. The van der Waals surface area contributed by atoms with Gasteiger partial charge in [0, 0.05) is 30.4 Å². The molecule has 0 aliphatic carbocycles. The number of carboxylic acids is 1. The number of carboxylic acid groups (broad SMARTS) is 1. The van der Waals surface area contributed by atoms with Crippen LogP contribution in [-0.2, 0) is 18.4 Å². The molecule has 9 nitrogen and oxygen atoms in total. The van der Waals surface area contributed by atoms with Crippen LogP contribution in [0.1, 0.15) is 39.3 Å². The number of hydrogen-bond donors (Lipinski definition) is 4. The third-order valence-corrected chi connectivity index (χ3v) is 6.60. The Balaban J connectivity index is 1.61. The third kappa shape index (κ3) is 5.34. The Hall–Kier alpha value is -4.73. The third-order valence-electron chi connectivity index (χ3n) is 6.60. The number of nitrogens with zero attached hydrogens (tertiary/aromatic N) is 3. The molecule has 0 bridgehead atoms. The van der Waals surface area contributed by atoms with Crippen LogP contribution in [0.15, 0.2) is 54.6 Å². The van der Waals surface area contributed by atoms with Crippen molar-refractivity contribution >= 4 is 40.1 Å². The van der Waals surface area contributed by atoms with Crippen molar-refractivity contribution in [2.45, 2.75) is 26.8 Å². The molecule has 10 heteroatoms. The molecule has 1 amide bonds. The first kappa shape index (κ1) is 26.3. The highest BCUT2D eigenvalue weighted by Crippen LogP contribution is 2.26. The second-order valence-electron chi connectivity index (χ2n) is 9.07. The number of amidine groups is 1. The molecule has 0 saturated heterocycles. The summed E-state index contributed by atoms with van der Waals surface area (Å²) >= 11 is 0. The summed E-state index contributed by atoms with van der Waals surface area (Å²) in [6.07, 6.45) is -0.190. The fourth-order valence-electron chi connectivity index (χ4n) is 4.26. The number of nitrogens with two attached hydrogens (primary N) is 1. The van der Waals surface area contributed by atoms with E-state index in [1.807, 2.05) is 43.7 Å². The SMILES string of the molecule is Cc1cccc(N(CCC(=O)O)C(=O)c2ccc3c(c2)nc(CNc2ccc(C(=N)N)cc2F)n3C)c1C. The minimum atomic E-state index is -0.988. The van der Waals surface area contributed by atoms with E-state index in [1.54, 1.807) is 24.3 Å². The van der Waals surface area contributed by atoms with Gasteiger partial charge in [0.15, 0.2) is 0 Å². The zero-order valence-electron chi connectivity index (χ0n) is 21.4. The normalized spacial score (nSPS) is 10.9. The molecule has 3 aromatic carbocycles. The Morgan fingerprint density at radius 3 is 2.55 bits per heavy atom. The van der Waals surface area contributed by atoms with Crippen LogP contribution in [0.2, 0.25) is 0 Å². The van der Waals surface area contributed by atoms with Gasteiger partial charge in [-0.2, -0.15) is 0 Å². The van der Waals surface area contributed by atoms with Gasteiger partial charge in [0.05, 0.1) is 29.7 Å². The van der Waals surface area contributed by atoms with Crippen molar-refractivity contribution in [1.29, 1.82) is 5.41 Å². The molecule has 4 rings (SSSR count). The predicted octanol–water partition coefficient (Wildman–Crippen LogP) is 4.35. The van der Waals surface area contributed by atoms with Gasteiger partial charge in [-0.1, -0.05) is 12.1 Å². The van der Waals surface area contributed by atoms with Crippen molar-refractivity contribution in [3.05, 3.63) is 88.5 Å². The van der Waals surface area contributed by atoms with E-state index < -0.39 is 11.8 Å². The van der Waals surface area contributed by atoms with Crippen molar-refractivity contribution in [2.75, 3.05) is 16.8 Å². The highest BCUT2D eigenvalue weighted by molar-refractivity contribution is 6.08. The fourth-order valence-corrected chi connectivity index (χ4v) is 4.26. The number of carbonyl (C=O) groups is 2. The predicted molar refractivity (Wildman–Crippen MR) is 145 cm³/mol. The molecule has 0 aliphatic heterocycles. The van der Waals surface area contributed by atoms with Gasteiger partial charge in [-0.3, -0.25) is 15.0 Å². The van der Waals surface area contributed by atoms with Crippen LogP contribution in [-0.4, -0.2) is 38.9 Å². The summed E-state index contributed by atoms with van der Waals surface area (Å²) < 4.78 is 16.3. The summed E-state index contributed by atoms with van der Waals surface area (Å²) in [4.78, 5) is 31.0. The molecule has 1 aromatic heterocycles. The molecule has 1 heterocycles. The van der Waals surface area contributed by atoms with Gasteiger partial charge in [0.25, 0.3) is 5.91 Å². The fraction of sp³-hybridized carbons (Fsp3) is 0.214. The number of nitrogens with one attached hydrogen (secondary N) is 2. The number of aryl methyl sites for hydroxylation is 2. The molecular weight excluding hydrogens is 487 g/mol. The molecular formula is C28H29FN6O3. The maximum absolute atomic E-state index is 14.4. The Morgan fingerprint density at radius 1 is 1.13 bits per heavy atom. The summed E-state index contributed by atoms with van der Waals surface area (Å²) in [5.74, 6) is -1.43. The monoisotopic (exact) mass is 516 g/mol. The van der Waals surface area contributed by atoms with E-state index in [-0.39, 0.29) is 36.9 Å². The molecule has 0 fully saturated rings. The molecule has 0 spiro atoms. The first-order valence-electron chi connectivity index (χ1n) is 12.0. The van der Waals surface area contributed by atoms with Crippen LogP contribution in [0.5, 0.6) is 0 Å². The van der Waals surface area contributed by atoms with Crippen LogP contribution in [0.25, 0.3) is 11.0 Å². The van der Waals surface area contributed by atoms with Crippen molar-refractivity contribution in [3.8, 4) is 0 Å². The number of anilines is 2. The van der Waals surface area contributed by atoms with Crippen molar-refractivity contribution < 1.29 is 19.1 Å². The summed E-state index contributed by atoms with van der Waals surface area (Å²) in [7, 11) is 1.83.